The SMILES string of the molecule is Cc1ccc(S(=O)(=O)N2[C@H](C(=O)N(C)C)[C@H]2c2ccccc2)cc1. The Morgan fingerprint density at radius 3 is 2.12 bits per heavy atom. The molecule has 0 spiro atoms. The molecule has 0 bridgehead atoms. The molecule has 24 heavy (non-hydrogen) atoms. The van der Waals surface area contributed by atoms with Crippen molar-refractivity contribution in [1.82, 2.24) is 9.21 Å². The summed E-state index contributed by atoms with van der Waals surface area (Å²) < 4.78 is 27.3. The van der Waals surface area contributed by atoms with Gasteiger partial charge < -0.3 is 4.90 Å². The van der Waals surface area contributed by atoms with Gasteiger partial charge in [-0.25, -0.2) is 8.42 Å². The molecule has 2 aromatic rings. The predicted molar refractivity (Wildman–Crippen MR) is 91.9 cm³/mol. The van der Waals surface area contributed by atoms with E-state index < -0.39 is 22.1 Å². The number of aryl methyl sites for hydroxylation is 1. The Bertz CT molecular complexity index is 846. The van der Waals surface area contributed by atoms with Gasteiger partial charge in [-0.05, 0) is 24.6 Å². The molecule has 1 amide bonds. The third-order valence-corrected chi connectivity index (χ3v) is 6.07. The van der Waals surface area contributed by atoms with Gasteiger partial charge in [-0.2, -0.15) is 4.31 Å². The van der Waals surface area contributed by atoms with E-state index in [1.807, 2.05) is 37.3 Å². The average molecular weight is 344 g/mol. The molecule has 3 rings (SSSR count). The van der Waals surface area contributed by atoms with Crippen LogP contribution in [0.25, 0.3) is 0 Å². The number of nitrogens with zero attached hydrogens (tertiary/aromatic N) is 2. The molecule has 5 nitrogen and oxygen atoms in total. The Balaban J connectivity index is 2.00. The molecular weight excluding hydrogens is 324 g/mol. The third kappa shape index (κ3) is 2.83. The van der Waals surface area contributed by atoms with Gasteiger partial charge >= 0.3 is 0 Å². The lowest BCUT2D eigenvalue weighted by atomic mass is 10.1. The largest absolute Gasteiger partial charge is 0.347 e. The van der Waals surface area contributed by atoms with Crippen molar-refractivity contribution in [2.24, 2.45) is 0 Å². The van der Waals surface area contributed by atoms with E-state index in [1.54, 1.807) is 38.4 Å². The first-order valence-corrected chi connectivity index (χ1v) is 9.14. The minimum absolute atomic E-state index is 0.209. The molecule has 0 N–H and O–H groups in total. The van der Waals surface area contributed by atoms with Crippen molar-refractivity contribution in [3.8, 4) is 0 Å². The summed E-state index contributed by atoms with van der Waals surface area (Å²) in [5.41, 5.74) is 1.81. The molecule has 1 saturated heterocycles. The van der Waals surface area contributed by atoms with E-state index in [2.05, 4.69) is 0 Å². The first-order valence-electron chi connectivity index (χ1n) is 7.70. The molecule has 1 heterocycles. The smallest absolute Gasteiger partial charge is 0.244 e. The third-order valence-electron chi connectivity index (χ3n) is 4.19. The number of hydrogen-bond donors (Lipinski definition) is 0. The van der Waals surface area contributed by atoms with Crippen LogP contribution in [0.3, 0.4) is 0 Å². The molecule has 0 aromatic heterocycles. The minimum atomic E-state index is -3.72. The van der Waals surface area contributed by atoms with Crippen molar-refractivity contribution in [2.75, 3.05) is 14.1 Å². The molecule has 1 aliphatic rings. The van der Waals surface area contributed by atoms with E-state index in [-0.39, 0.29) is 10.8 Å². The predicted octanol–water partition coefficient (Wildman–Crippen LogP) is 2.20. The van der Waals surface area contributed by atoms with Crippen LogP contribution in [0.4, 0.5) is 0 Å². The second-order valence-corrected chi connectivity index (χ2v) is 8.02. The van der Waals surface area contributed by atoms with Crippen LogP contribution in [0, 0.1) is 6.92 Å². The first-order chi connectivity index (χ1) is 11.3. The Morgan fingerprint density at radius 1 is 1.00 bits per heavy atom. The van der Waals surface area contributed by atoms with Gasteiger partial charge in [0.1, 0.15) is 6.04 Å². The second-order valence-electron chi connectivity index (χ2n) is 6.18. The Hall–Kier alpha value is -2.18. The van der Waals surface area contributed by atoms with E-state index >= 15 is 0 Å². The van der Waals surface area contributed by atoms with Crippen LogP contribution in [0.5, 0.6) is 0 Å². The maximum absolute atomic E-state index is 13.0. The van der Waals surface area contributed by atoms with Crippen LogP contribution >= 0.6 is 0 Å². The topological polar surface area (TPSA) is 57.5 Å². The van der Waals surface area contributed by atoms with Crippen molar-refractivity contribution in [3.63, 3.8) is 0 Å². The fraction of sp³-hybridized carbons (Fsp3) is 0.278. The number of rotatable bonds is 4. The molecule has 1 fully saturated rings. The number of sulfonamides is 1. The number of hydrogen-bond acceptors (Lipinski definition) is 3. The number of carbonyl (C=O) groups excluding carboxylic acids is 1. The van der Waals surface area contributed by atoms with Crippen molar-refractivity contribution in [3.05, 3.63) is 65.7 Å². The Morgan fingerprint density at radius 2 is 1.58 bits per heavy atom. The van der Waals surface area contributed by atoms with Crippen molar-refractivity contribution in [1.29, 1.82) is 0 Å². The van der Waals surface area contributed by atoms with Gasteiger partial charge in [0.2, 0.25) is 15.9 Å². The van der Waals surface area contributed by atoms with Gasteiger partial charge in [0.05, 0.1) is 10.9 Å². The fourth-order valence-electron chi connectivity index (χ4n) is 2.83. The van der Waals surface area contributed by atoms with E-state index in [0.29, 0.717) is 0 Å². The molecular formula is C18H20N2O3S. The molecule has 1 unspecified atom stereocenters. The zero-order valence-electron chi connectivity index (χ0n) is 13.9. The van der Waals surface area contributed by atoms with Crippen molar-refractivity contribution >= 4 is 15.9 Å². The zero-order valence-corrected chi connectivity index (χ0v) is 14.7. The van der Waals surface area contributed by atoms with Crippen LogP contribution in [0.1, 0.15) is 17.2 Å². The van der Waals surface area contributed by atoms with Crippen LogP contribution in [-0.4, -0.2) is 43.7 Å². The van der Waals surface area contributed by atoms with Gasteiger partial charge in [0.25, 0.3) is 0 Å². The molecule has 0 saturated carbocycles. The standard InChI is InChI=1S/C18H20N2O3S/c1-13-9-11-15(12-10-13)24(22,23)20-16(14-7-5-4-6-8-14)17(20)18(21)19(2)3/h4-12,16-17H,1-3H3/t16-,17+,20?/m1/s1. The van der Waals surface area contributed by atoms with Crippen LogP contribution in [-0.2, 0) is 14.8 Å². The monoisotopic (exact) mass is 344 g/mol. The second kappa shape index (κ2) is 6.03. The highest BCUT2D eigenvalue weighted by molar-refractivity contribution is 7.89. The minimum Gasteiger partial charge on any atom is -0.347 e. The highest BCUT2D eigenvalue weighted by atomic mass is 32.2. The lowest BCUT2D eigenvalue weighted by Gasteiger charge is -2.10. The van der Waals surface area contributed by atoms with Gasteiger partial charge in [0.15, 0.2) is 0 Å². The summed E-state index contributed by atoms with van der Waals surface area (Å²) in [6.45, 7) is 1.90. The maximum atomic E-state index is 13.0. The Labute approximate surface area is 142 Å². The van der Waals surface area contributed by atoms with Crippen molar-refractivity contribution in [2.45, 2.75) is 23.9 Å². The Kier molecular flexibility index (Phi) is 4.19. The van der Waals surface area contributed by atoms with Crippen LogP contribution < -0.4 is 0 Å². The summed E-state index contributed by atoms with van der Waals surface area (Å²) >= 11 is 0. The van der Waals surface area contributed by atoms with Crippen LogP contribution in [0.2, 0.25) is 0 Å². The van der Waals surface area contributed by atoms with E-state index in [1.165, 1.54) is 9.21 Å². The summed E-state index contributed by atoms with van der Waals surface area (Å²) in [5.74, 6) is -0.209. The summed E-state index contributed by atoms with van der Waals surface area (Å²) in [6.07, 6.45) is 0. The first kappa shape index (κ1) is 16.7. The summed E-state index contributed by atoms with van der Waals surface area (Å²) in [5, 5.41) is 0. The molecule has 1 aliphatic heterocycles. The van der Waals surface area contributed by atoms with Gasteiger partial charge in [-0.3, -0.25) is 4.79 Å². The quantitative estimate of drug-likeness (QED) is 0.799. The maximum Gasteiger partial charge on any atom is 0.244 e. The van der Waals surface area contributed by atoms with Gasteiger partial charge in [-0.1, -0.05) is 48.0 Å². The van der Waals surface area contributed by atoms with E-state index in [4.69, 9.17) is 0 Å². The number of benzene rings is 2. The molecule has 3 atom stereocenters. The molecule has 0 aliphatic carbocycles. The lowest BCUT2D eigenvalue weighted by Crippen LogP contribution is -2.30. The van der Waals surface area contributed by atoms with Gasteiger partial charge in [0, 0.05) is 14.1 Å². The molecule has 126 valence electrons. The highest BCUT2D eigenvalue weighted by Gasteiger charge is 2.60. The molecule has 0 radical (unpaired) electrons. The van der Waals surface area contributed by atoms with E-state index in [0.717, 1.165) is 11.1 Å². The number of likely N-dealkylation sites (N-methyl/N-ethyl adjacent to an activating group) is 1. The molecule has 6 heteroatoms. The zero-order chi connectivity index (χ0) is 17.5. The normalized spacial score (nSPS) is 22.9. The number of amides is 1. The fourth-order valence-corrected chi connectivity index (χ4v) is 4.54. The summed E-state index contributed by atoms with van der Waals surface area (Å²) in [4.78, 5) is 14.1. The summed E-state index contributed by atoms with van der Waals surface area (Å²) in [6, 6.07) is 14.8. The highest BCUT2D eigenvalue weighted by Crippen LogP contribution is 2.48. The van der Waals surface area contributed by atoms with Crippen LogP contribution in [0.15, 0.2) is 59.5 Å². The van der Waals surface area contributed by atoms with Crippen molar-refractivity contribution < 1.29 is 13.2 Å². The van der Waals surface area contributed by atoms with Gasteiger partial charge in [-0.15, -0.1) is 0 Å². The lowest BCUT2D eigenvalue weighted by molar-refractivity contribution is -0.128. The van der Waals surface area contributed by atoms with E-state index in [9.17, 15) is 13.2 Å². The number of carbonyl (C=O) groups is 1. The summed E-state index contributed by atoms with van der Waals surface area (Å²) in [7, 11) is -0.445. The average Bonchev–Trinajstić information content (AvgIpc) is 3.31. The molecule has 2 aromatic carbocycles.